The summed E-state index contributed by atoms with van der Waals surface area (Å²) in [6, 6.07) is 4.43. The number of likely N-dealkylation sites (N-methyl/N-ethyl adjacent to an activating group) is 1. The monoisotopic (exact) mass is 280 g/mol. The van der Waals surface area contributed by atoms with Crippen LogP contribution in [0.2, 0.25) is 0 Å². The fraction of sp³-hybridized carbons (Fsp3) is 0.750. The highest BCUT2D eigenvalue weighted by Gasteiger charge is 2.38. The first-order valence-corrected chi connectivity index (χ1v) is 7.79. The average Bonchev–Trinajstić information content (AvgIpc) is 3.00. The lowest BCUT2D eigenvalue weighted by molar-refractivity contribution is -0.0326. The van der Waals surface area contributed by atoms with Gasteiger partial charge in [-0.25, -0.2) is 0 Å². The summed E-state index contributed by atoms with van der Waals surface area (Å²) >= 11 is 0. The first-order valence-electron chi connectivity index (χ1n) is 7.79. The molecule has 0 saturated carbocycles. The molecule has 1 saturated heterocycles. The van der Waals surface area contributed by atoms with Crippen molar-refractivity contribution in [2.45, 2.75) is 45.2 Å². The van der Waals surface area contributed by atoms with Crippen LogP contribution >= 0.6 is 0 Å². The lowest BCUT2D eigenvalue weighted by atomic mass is 9.84. The lowest BCUT2D eigenvalue weighted by Gasteiger charge is -2.48. The van der Waals surface area contributed by atoms with Gasteiger partial charge < -0.3 is 14.5 Å². The molecule has 0 radical (unpaired) electrons. The molecule has 4 heteroatoms. The van der Waals surface area contributed by atoms with Crippen LogP contribution < -0.4 is 5.32 Å². The number of hydrogen-bond acceptors (Lipinski definition) is 4. The zero-order valence-electron chi connectivity index (χ0n) is 13.0. The van der Waals surface area contributed by atoms with Crippen LogP contribution in [0.3, 0.4) is 0 Å². The number of nitrogens with one attached hydrogen (secondary N) is 1. The molecule has 2 heterocycles. The molecule has 20 heavy (non-hydrogen) atoms. The molecule has 1 aromatic heterocycles. The zero-order chi connectivity index (χ0) is 14.4. The van der Waals surface area contributed by atoms with E-state index in [4.69, 9.17) is 9.15 Å². The van der Waals surface area contributed by atoms with Crippen molar-refractivity contribution in [2.24, 2.45) is 0 Å². The molecule has 1 N–H and O–H groups in total. The second-order valence-electron chi connectivity index (χ2n) is 5.70. The fourth-order valence-electron chi connectivity index (χ4n) is 3.15. The van der Waals surface area contributed by atoms with Crippen LogP contribution in [-0.2, 0) is 11.2 Å². The summed E-state index contributed by atoms with van der Waals surface area (Å²) in [7, 11) is 0. The predicted molar refractivity (Wildman–Crippen MR) is 81.0 cm³/mol. The van der Waals surface area contributed by atoms with Crippen LogP contribution in [0.5, 0.6) is 0 Å². The molecule has 1 aromatic rings. The van der Waals surface area contributed by atoms with Gasteiger partial charge in [-0.15, -0.1) is 0 Å². The molecule has 1 aliphatic heterocycles. The van der Waals surface area contributed by atoms with Crippen molar-refractivity contribution < 1.29 is 9.15 Å². The highest BCUT2D eigenvalue weighted by molar-refractivity contribution is 5.06. The molecule has 2 atom stereocenters. The van der Waals surface area contributed by atoms with E-state index >= 15 is 0 Å². The van der Waals surface area contributed by atoms with Crippen molar-refractivity contribution in [3.05, 3.63) is 24.2 Å². The van der Waals surface area contributed by atoms with Crippen molar-refractivity contribution in [1.29, 1.82) is 0 Å². The Kier molecular flexibility index (Phi) is 5.64. The third kappa shape index (κ3) is 3.43. The summed E-state index contributed by atoms with van der Waals surface area (Å²) < 4.78 is 11.1. The second kappa shape index (κ2) is 7.25. The molecule has 0 aliphatic carbocycles. The van der Waals surface area contributed by atoms with Gasteiger partial charge in [-0.2, -0.15) is 0 Å². The van der Waals surface area contributed by atoms with E-state index in [1.54, 1.807) is 6.26 Å². The van der Waals surface area contributed by atoms with E-state index in [2.05, 4.69) is 37.1 Å². The molecule has 2 unspecified atom stereocenters. The molecule has 1 fully saturated rings. The van der Waals surface area contributed by atoms with Crippen molar-refractivity contribution in [2.75, 3.05) is 32.8 Å². The van der Waals surface area contributed by atoms with Crippen LogP contribution in [-0.4, -0.2) is 49.3 Å². The minimum atomic E-state index is 0.132. The summed E-state index contributed by atoms with van der Waals surface area (Å²) in [6.45, 7) is 11.5. The third-order valence-electron chi connectivity index (χ3n) is 4.64. The molecule has 2 rings (SSSR count). The maximum atomic E-state index is 5.55. The second-order valence-corrected chi connectivity index (χ2v) is 5.70. The van der Waals surface area contributed by atoms with Crippen LogP contribution in [0.4, 0.5) is 0 Å². The largest absolute Gasteiger partial charge is 0.469 e. The van der Waals surface area contributed by atoms with Gasteiger partial charge in [0.05, 0.1) is 19.5 Å². The Bertz CT molecular complexity index is 374. The smallest absolute Gasteiger partial charge is 0.105 e. The fourth-order valence-corrected chi connectivity index (χ4v) is 3.15. The van der Waals surface area contributed by atoms with Gasteiger partial charge in [0.2, 0.25) is 0 Å². The van der Waals surface area contributed by atoms with Gasteiger partial charge in [-0.3, -0.25) is 4.90 Å². The minimum Gasteiger partial charge on any atom is -0.469 e. The number of nitrogens with zero attached hydrogens (tertiary/aromatic N) is 1. The van der Waals surface area contributed by atoms with Gasteiger partial charge in [0.15, 0.2) is 0 Å². The predicted octanol–water partition coefficient (Wildman–Crippen LogP) is 2.30. The quantitative estimate of drug-likeness (QED) is 0.831. The maximum absolute atomic E-state index is 5.55. The van der Waals surface area contributed by atoms with E-state index in [0.717, 1.165) is 51.4 Å². The highest BCUT2D eigenvalue weighted by atomic mass is 16.5. The molecule has 4 nitrogen and oxygen atoms in total. The number of ether oxygens (including phenoxy) is 1. The van der Waals surface area contributed by atoms with E-state index in [9.17, 15) is 0 Å². The van der Waals surface area contributed by atoms with E-state index in [1.807, 2.05) is 6.07 Å². The highest BCUT2D eigenvalue weighted by Crippen LogP contribution is 2.27. The Morgan fingerprint density at radius 3 is 2.65 bits per heavy atom. The van der Waals surface area contributed by atoms with Crippen LogP contribution in [0.25, 0.3) is 0 Å². The summed E-state index contributed by atoms with van der Waals surface area (Å²) in [4.78, 5) is 2.58. The summed E-state index contributed by atoms with van der Waals surface area (Å²) in [5.74, 6) is 1.06. The topological polar surface area (TPSA) is 37.6 Å². The van der Waals surface area contributed by atoms with Crippen LogP contribution in [0.15, 0.2) is 22.8 Å². The number of rotatable bonds is 7. The van der Waals surface area contributed by atoms with Crippen molar-refractivity contribution in [3.63, 3.8) is 0 Å². The molecule has 114 valence electrons. The van der Waals surface area contributed by atoms with Gasteiger partial charge in [-0.05, 0) is 32.0 Å². The van der Waals surface area contributed by atoms with Crippen molar-refractivity contribution >= 4 is 0 Å². The van der Waals surface area contributed by atoms with Crippen molar-refractivity contribution in [1.82, 2.24) is 10.2 Å². The van der Waals surface area contributed by atoms with Gasteiger partial charge in [0, 0.05) is 31.1 Å². The number of furan rings is 1. The summed E-state index contributed by atoms with van der Waals surface area (Å²) in [5, 5.41) is 3.67. The Morgan fingerprint density at radius 1 is 1.35 bits per heavy atom. The van der Waals surface area contributed by atoms with Crippen LogP contribution in [0.1, 0.15) is 33.0 Å². The normalized spacial score (nSPS) is 21.6. The minimum absolute atomic E-state index is 0.132. The third-order valence-corrected chi connectivity index (χ3v) is 4.64. The molecular formula is C16H28N2O2. The first-order chi connectivity index (χ1) is 9.70. The van der Waals surface area contributed by atoms with E-state index in [-0.39, 0.29) is 5.54 Å². The molecular weight excluding hydrogens is 252 g/mol. The molecule has 0 bridgehead atoms. The van der Waals surface area contributed by atoms with Crippen LogP contribution in [0, 0.1) is 0 Å². The maximum Gasteiger partial charge on any atom is 0.105 e. The average molecular weight is 280 g/mol. The SMILES string of the molecule is CCNC(Cc1ccco1)C(C)(CC)N1CCOCC1. The number of morpholine rings is 1. The zero-order valence-corrected chi connectivity index (χ0v) is 13.0. The Hall–Kier alpha value is -0.840. The molecule has 0 aromatic carbocycles. The van der Waals surface area contributed by atoms with E-state index in [1.165, 1.54) is 0 Å². The van der Waals surface area contributed by atoms with Gasteiger partial charge in [-0.1, -0.05) is 13.8 Å². The van der Waals surface area contributed by atoms with E-state index < -0.39 is 0 Å². The first kappa shape index (κ1) is 15.5. The number of hydrogen-bond donors (Lipinski definition) is 1. The van der Waals surface area contributed by atoms with Gasteiger partial charge >= 0.3 is 0 Å². The molecule has 0 spiro atoms. The standard InChI is InChI=1S/C16H28N2O2/c1-4-16(3,18-8-11-19-12-9-18)15(17-5-2)13-14-7-6-10-20-14/h6-7,10,15,17H,4-5,8-9,11-13H2,1-3H3. The van der Waals surface area contributed by atoms with Crippen molar-refractivity contribution in [3.8, 4) is 0 Å². The summed E-state index contributed by atoms with van der Waals surface area (Å²) in [5.41, 5.74) is 0.132. The Labute approximate surface area is 122 Å². The lowest BCUT2D eigenvalue weighted by Crippen LogP contribution is -2.62. The van der Waals surface area contributed by atoms with Gasteiger partial charge in [0.25, 0.3) is 0 Å². The summed E-state index contributed by atoms with van der Waals surface area (Å²) in [6.07, 6.45) is 3.81. The Morgan fingerprint density at radius 2 is 2.10 bits per heavy atom. The van der Waals surface area contributed by atoms with Gasteiger partial charge in [0.1, 0.15) is 5.76 Å². The van der Waals surface area contributed by atoms with E-state index in [0.29, 0.717) is 6.04 Å². The molecule has 0 amide bonds. The molecule has 1 aliphatic rings. The Balaban J connectivity index is 2.13.